The number of hydrogen-bond acceptors (Lipinski definition) is 3. The molecule has 1 aliphatic heterocycles. The third-order valence-corrected chi connectivity index (χ3v) is 4.19. The molecule has 1 aromatic heterocycles. The first-order valence-electron chi connectivity index (χ1n) is 6.57. The van der Waals surface area contributed by atoms with Gasteiger partial charge in [0.25, 0.3) is 0 Å². The summed E-state index contributed by atoms with van der Waals surface area (Å²) in [6.45, 7) is 0. The molecule has 3 rings (SSSR count). The van der Waals surface area contributed by atoms with E-state index in [-0.39, 0.29) is 6.17 Å². The van der Waals surface area contributed by atoms with Crippen molar-refractivity contribution in [2.24, 2.45) is 0 Å². The van der Waals surface area contributed by atoms with Gasteiger partial charge in [-0.1, -0.05) is 11.6 Å². The Morgan fingerprint density at radius 3 is 2.41 bits per heavy atom. The molecule has 0 radical (unpaired) electrons. The van der Waals surface area contributed by atoms with Crippen LogP contribution in [0.25, 0.3) is 0 Å². The predicted molar refractivity (Wildman–Crippen MR) is 80.2 cm³/mol. The maximum absolute atomic E-state index is 12.9. The van der Waals surface area contributed by atoms with Crippen LogP contribution >= 0.6 is 11.6 Å². The third-order valence-electron chi connectivity index (χ3n) is 3.88. The molecule has 0 amide bonds. The van der Waals surface area contributed by atoms with E-state index in [2.05, 4.69) is 4.98 Å². The topological polar surface area (TPSA) is 19.4 Å². The summed E-state index contributed by atoms with van der Waals surface area (Å²) in [7, 11) is 3.58. The first kappa shape index (κ1) is 15.0. The minimum atomic E-state index is -4.36. The molecule has 22 heavy (non-hydrogen) atoms. The lowest BCUT2D eigenvalue weighted by molar-refractivity contribution is -0.137. The SMILES string of the molecule is CN1c2ccc(C(F)(F)F)cc2N(C)C1c1ccncc1Cl. The molecule has 0 saturated carbocycles. The smallest absolute Gasteiger partial charge is 0.349 e. The quantitative estimate of drug-likeness (QED) is 0.776. The van der Waals surface area contributed by atoms with Crippen molar-refractivity contribution >= 4 is 23.0 Å². The van der Waals surface area contributed by atoms with Gasteiger partial charge in [-0.15, -0.1) is 0 Å². The number of hydrogen-bond donors (Lipinski definition) is 0. The van der Waals surface area contributed by atoms with Crippen LogP contribution in [0, 0.1) is 0 Å². The van der Waals surface area contributed by atoms with Crippen LogP contribution in [0.5, 0.6) is 0 Å². The van der Waals surface area contributed by atoms with Crippen LogP contribution in [-0.4, -0.2) is 19.1 Å². The van der Waals surface area contributed by atoms with E-state index in [1.54, 1.807) is 24.2 Å². The van der Waals surface area contributed by atoms with Crippen LogP contribution in [0.15, 0.2) is 36.7 Å². The molecule has 0 fully saturated rings. The van der Waals surface area contributed by atoms with Crippen LogP contribution in [0.1, 0.15) is 17.3 Å². The van der Waals surface area contributed by atoms with Crippen LogP contribution in [0.3, 0.4) is 0 Å². The number of fused-ring (bicyclic) bond motifs is 1. The van der Waals surface area contributed by atoms with Crippen molar-refractivity contribution in [2.75, 3.05) is 23.9 Å². The van der Waals surface area contributed by atoms with Gasteiger partial charge < -0.3 is 9.80 Å². The molecule has 0 N–H and O–H groups in total. The zero-order valence-electron chi connectivity index (χ0n) is 11.9. The van der Waals surface area contributed by atoms with Gasteiger partial charge in [0, 0.05) is 32.1 Å². The average molecular weight is 328 g/mol. The Kier molecular flexibility index (Phi) is 3.44. The fraction of sp³-hybridized carbons (Fsp3) is 0.267. The third kappa shape index (κ3) is 2.27. The molecule has 0 saturated heterocycles. The molecule has 116 valence electrons. The zero-order chi connectivity index (χ0) is 16.1. The maximum atomic E-state index is 12.9. The lowest BCUT2D eigenvalue weighted by Gasteiger charge is -2.28. The number of pyridine rings is 1. The Morgan fingerprint density at radius 1 is 1.09 bits per heavy atom. The van der Waals surface area contributed by atoms with E-state index in [9.17, 15) is 13.2 Å². The Bertz CT molecular complexity index is 717. The normalized spacial score (nSPS) is 17.8. The highest BCUT2D eigenvalue weighted by molar-refractivity contribution is 6.31. The Labute approximate surface area is 130 Å². The fourth-order valence-corrected chi connectivity index (χ4v) is 3.03. The summed E-state index contributed by atoms with van der Waals surface area (Å²) >= 11 is 6.19. The largest absolute Gasteiger partial charge is 0.416 e. The lowest BCUT2D eigenvalue weighted by atomic mass is 10.1. The van der Waals surface area contributed by atoms with Crippen LogP contribution in [0.2, 0.25) is 5.02 Å². The Morgan fingerprint density at radius 2 is 1.77 bits per heavy atom. The molecule has 0 spiro atoms. The van der Waals surface area contributed by atoms with Crippen molar-refractivity contribution < 1.29 is 13.2 Å². The standard InChI is InChI=1S/C15H13ClF3N3/c1-21-12-4-3-9(15(17,18)19)7-13(12)22(2)14(21)10-5-6-20-8-11(10)16/h3-8,14H,1-2H3. The minimum absolute atomic E-state index is 0.269. The summed E-state index contributed by atoms with van der Waals surface area (Å²) in [6.07, 6.45) is -1.48. The molecule has 1 aromatic carbocycles. The summed E-state index contributed by atoms with van der Waals surface area (Å²) in [5, 5.41) is 0.482. The van der Waals surface area contributed by atoms with E-state index in [0.717, 1.165) is 17.3 Å². The number of nitrogens with zero attached hydrogens (tertiary/aromatic N) is 3. The van der Waals surface area contributed by atoms with Gasteiger partial charge in [-0.3, -0.25) is 4.98 Å². The zero-order valence-corrected chi connectivity index (χ0v) is 12.7. The van der Waals surface area contributed by atoms with Gasteiger partial charge in [-0.25, -0.2) is 0 Å². The number of halogens is 4. The second-order valence-corrected chi connectivity index (χ2v) is 5.60. The number of anilines is 2. The first-order valence-corrected chi connectivity index (χ1v) is 6.95. The van der Waals surface area contributed by atoms with Gasteiger partial charge in [0.2, 0.25) is 0 Å². The van der Waals surface area contributed by atoms with Gasteiger partial charge in [0.1, 0.15) is 6.17 Å². The van der Waals surface area contributed by atoms with E-state index in [1.165, 1.54) is 18.3 Å². The average Bonchev–Trinajstić information content (AvgIpc) is 2.71. The number of alkyl halides is 3. The molecule has 1 aliphatic rings. The molecular weight excluding hydrogens is 315 g/mol. The highest BCUT2D eigenvalue weighted by Crippen LogP contribution is 2.47. The molecule has 2 heterocycles. The summed E-state index contributed by atoms with van der Waals surface area (Å²) in [6, 6.07) is 5.53. The fourth-order valence-electron chi connectivity index (χ4n) is 2.82. The van der Waals surface area contributed by atoms with E-state index in [1.807, 2.05) is 11.9 Å². The van der Waals surface area contributed by atoms with Gasteiger partial charge in [0.05, 0.1) is 22.0 Å². The lowest BCUT2D eigenvalue weighted by Crippen LogP contribution is -2.30. The number of rotatable bonds is 1. The van der Waals surface area contributed by atoms with Crippen LogP contribution in [0.4, 0.5) is 24.5 Å². The molecule has 3 nitrogen and oxygen atoms in total. The van der Waals surface area contributed by atoms with E-state index in [0.29, 0.717) is 10.7 Å². The van der Waals surface area contributed by atoms with Crippen LogP contribution in [-0.2, 0) is 6.18 Å². The summed E-state index contributed by atoms with van der Waals surface area (Å²) < 4.78 is 38.7. The molecule has 2 aromatic rings. The Balaban J connectivity index is 2.07. The van der Waals surface area contributed by atoms with Gasteiger partial charge in [-0.2, -0.15) is 13.2 Å². The van der Waals surface area contributed by atoms with Crippen molar-refractivity contribution in [1.82, 2.24) is 4.98 Å². The molecule has 0 bridgehead atoms. The Hall–Kier alpha value is -1.95. The molecule has 0 aliphatic carbocycles. The van der Waals surface area contributed by atoms with Crippen molar-refractivity contribution in [3.05, 3.63) is 52.8 Å². The molecule has 1 atom stereocenters. The predicted octanol–water partition coefficient (Wildman–Crippen LogP) is 4.34. The number of aromatic nitrogens is 1. The van der Waals surface area contributed by atoms with Gasteiger partial charge in [-0.05, 0) is 24.3 Å². The highest BCUT2D eigenvalue weighted by Gasteiger charge is 2.37. The summed E-state index contributed by atoms with van der Waals surface area (Å²) in [5.41, 5.74) is 1.39. The van der Waals surface area contributed by atoms with Gasteiger partial charge >= 0.3 is 6.18 Å². The summed E-state index contributed by atoms with van der Waals surface area (Å²) in [5.74, 6) is 0. The summed E-state index contributed by atoms with van der Waals surface area (Å²) in [4.78, 5) is 7.63. The van der Waals surface area contributed by atoms with E-state index in [4.69, 9.17) is 11.6 Å². The van der Waals surface area contributed by atoms with E-state index >= 15 is 0 Å². The number of benzene rings is 1. The first-order chi connectivity index (χ1) is 10.3. The monoisotopic (exact) mass is 327 g/mol. The molecular formula is C15H13ClF3N3. The highest BCUT2D eigenvalue weighted by atomic mass is 35.5. The van der Waals surface area contributed by atoms with Gasteiger partial charge in [0.15, 0.2) is 0 Å². The van der Waals surface area contributed by atoms with Crippen molar-refractivity contribution in [1.29, 1.82) is 0 Å². The van der Waals surface area contributed by atoms with Crippen molar-refractivity contribution in [2.45, 2.75) is 12.3 Å². The minimum Gasteiger partial charge on any atom is -0.349 e. The van der Waals surface area contributed by atoms with E-state index < -0.39 is 11.7 Å². The van der Waals surface area contributed by atoms with Crippen LogP contribution < -0.4 is 9.80 Å². The van der Waals surface area contributed by atoms with Crippen molar-refractivity contribution in [3.63, 3.8) is 0 Å². The van der Waals surface area contributed by atoms with Crippen molar-refractivity contribution in [3.8, 4) is 0 Å². The second kappa shape index (κ2) is 5.05. The molecule has 7 heteroatoms. The molecule has 1 unspecified atom stereocenters. The maximum Gasteiger partial charge on any atom is 0.416 e. The second-order valence-electron chi connectivity index (χ2n) is 5.19.